The van der Waals surface area contributed by atoms with E-state index in [1.807, 2.05) is 0 Å². The largest absolute Gasteiger partial charge is 0.372 e. The van der Waals surface area contributed by atoms with E-state index in [0.29, 0.717) is 11.1 Å². The quantitative estimate of drug-likeness (QED) is 0.485. The molecule has 0 saturated carbocycles. The van der Waals surface area contributed by atoms with Gasteiger partial charge in [-0.05, 0) is 6.07 Å². The first kappa shape index (κ1) is 14.9. The Balaban J connectivity index is 2.08. The molecule has 2 aromatic carbocycles. The normalized spacial score (nSPS) is 10.4. The summed E-state index contributed by atoms with van der Waals surface area (Å²) < 4.78 is 18.8. The Morgan fingerprint density at radius 2 is 1.81 bits per heavy atom. The van der Waals surface area contributed by atoms with E-state index >= 15 is 0 Å². The molecule has 0 aliphatic rings. The number of halogens is 1. The minimum absolute atomic E-state index is 0.0688. The summed E-state index contributed by atoms with van der Waals surface area (Å²) in [4.78, 5) is 10.4. The second-order valence-electron chi connectivity index (χ2n) is 4.30. The fraction of sp³-hybridized carbons (Fsp3) is 0.143. The zero-order valence-electron chi connectivity index (χ0n) is 11.1. The zero-order chi connectivity index (χ0) is 15.2. The van der Waals surface area contributed by atoms with Gasteiger partial charge in [0, 0.05) is 17.2 Å². The van der Waals surface area contributed by atoms with Crippen molar-refractivity contribution < 1.29 is 14.1 Å². The molecule has 6 nitrogen and oxygen atoms in total. The maximum absolute atomic E-state index is 13.4. The maximum atomic E-state index is 13.4. The van der Waals surface area contributed by atoms with Gasteiger partial charge in [-0.25, -0.2) is 4.39 Å². The topological polar surface area (TPSA) is 90.4 Å². The van der Waals surface area contributed by atoms with Gasteiger partial charge in [0.05, 0.1) is 18.1 Å². The minimum atomic E-state index is -0.532. The summed E-state index contributed by atoms with van der Waals surface area (Å²) in [5, 5.41) is 10.9. The van der Waals surface area contributed by atoms with Crippen LogP contribution in [-0.4, -0.2) is 4.92 Å². The summed E-state index contributed by atoms with van der Waals surface area (Å²) in [6.45, 7) is 0.148. The molecule has 2 aromatic rings. The van der Waals surface area contributed by atoms with Crippen LogP contribution in [0.4, 0.5) is 15.8 Å². The number of rotatable bonds is 6. The Kier molecular flexibility index (Phi) is 4.81. The lowest BCUT2D eigenvalue weighted by Crippen LogP contribution is -2.12. The SMILES string of the molecule is NNc1c(COCc2ccccc2F)cccc1[N+](=O)[O-]. The summed E-state index contributed by atoms with van der Waals surface area (Å²) in [5.41, 5.74) is 3.32. The Morgan fingerprint density at radius 1 is 1.14 bits per heavy atom. The number of nitro benzene ring substituents is 1. The molecule has 110 valence electrons. The van der Waals surface area contributed by atoms with Crippen LogP contribution in [0, 0.1) is 15.9 Å². The van der Waals surface area contributed by atoms with Crippen LogP contribution in [0.1, 0.15) is 11.1 Å². The predicted octanol–water partition coefficient (Wildman–Crippen LogP) is 2.74. The van der Waals surface area contributed by atoms with Crippen LogP contribution in [0.5, 0.6) is 0 Å². The molecule has 3 N–H and O–H groups in total. The van der Waals surface area contributed by atoms with Crippen molar-refractivity contribution in [2.75, 3.05) is 5.43 Å². The van der Waals surface area contributed by atoms with Crippen LogP contribution in [0.25, 0.3) is 0 Å². The van der Waals surface area contributed by atoms with Crippen LogP contribution in [-0.2, 0) is 18.0 Å². The van der Waals surface area contributed by atoms with Crippen LogP contribution in [0.15, 0.2) is 42.5 Å². The smallest absolute Gasteiger partial charge is 0.294 e. The molecule has 0 heterocycles. The van der Waals surface area contributed by atoms with Crippen molar-refractivity contribution in [1.29, 1.82) is 0 Å². The third-order valence-corrected chi connectivity index (χ3v) is 2.94. The molecule has 0 amide bonds. The molecule has 0 unspecified atom stereocenters. The van der Waals surface area contributed by atoms with Gasteiger partial charge in [-0.15, -0.1) is 0 Å². The molecule has 0 bridgehead atoms. The number of ether oxygens (including phenoxy) is 1. The van der Waals surface area contributed by atoms with Crippen LogP contribution in [0.3, 0.4) is 0 Å². The van der Waals surface area contributed by atoms with Gasteiger partial charge < -0.3 is 10.2 Å². The number of nitrogens with two attached hydrogens (primary N) is 1. The number of nitrogen functional groups attached to an aromatic ring is 1. The third kappa shape index (κ3) is 3.53. The predicted molar refractivity (Wildman–Crippen MR) is 75.8 cm³/mol. The van der Waals surface area contributed by atoms with Gasteiger partial charge >= 0.3 is 0 Å². The molecule has 0 radical (unpaired) electrons. The molecule has 0 aliphatic heterocycles. The molecular formula is C14H14FN3O3. The number of hydrogen-bond acceptors (Lipinski definition) is 5. The molecular weight excluding hydrogens is 277 g/mol. The lowest BCUT2D eigenvalue weighted by molar-refractivity contribution is -0.384. The first-order valence-corrected chi connectivity index (χ1v) is 6.17. The molecule has 2 rings (SSSR count). The van der Waals surface area contributed by atoms with Gasteiger partial charge in [0.2, 0.25) is 0 Å². The van der Waals surface area contributed by atoms with Gasteiger partial charge in [0.25, 0.3) is 5.69 Å². The van der Waals surface area contributed by atoms with Crippen molar-refractivity contribution >= 4 is 11.4 Å². The molecule has 0 aliphatic carbocycles. The number of benzene rings is 2. The van der Waals surface area contributed by atoms with Crippen LogP contribution >= 0.6 is 0 Å². The zero-order valence-corrected chi connectivity index (χ0v) is 11.1. The number of hydrogen-bond donors (Lipinski definition) is 2. The average Bonchev–Trinajstić information content (AvgIpc) is 2.48. The molecule has 0 spiro atoms. The van der Waals surface area contributed by atoms with Gasteiger partial charge in [-0.3, -0.25) is 16.0 Å². The number of nitrogens with zero attached hydrogens (tertiary/aromatic N) is 1. The lowest BCUT2D eigenvalue weighted by Gasteiger charge is -2.10. The van der Waals surface area contributed by atoms with E-state index in [-0.39, 0.29) is 30.4 Å². The Labute approximate surface area is 120 Å². The van der Waals surface area contributed by atoms with E-state index in [0.717, 1.165) is 0 Å². The standard InChI is InChI=1S/C14H14FN3O3/c15-12-6-2-1-4-10(12)8-21-9-11-5-3-7-13(18(19)20)14(11)17-16/h1-7,17H,8-9,16H2. The second kappa shape index (κ2) is 6.78. The lowest BCUT2D eigenvalue weighted by atomic mass is 10.1. The summed E-state index contributed by atoms with van der Waals surface area (Å²) in [7, 11) is 0. The summed E-state index contributed by atoms with van der Waals surface area (Å²) in [5.74, 6) is 4.97. The fourth-order valence-electron chi connectivity index (χ4n) is 1.91. The Bertz CT molecular complexity index is 649. The molecule has 21 heavy (non-hydrogen) atoms. The number of nitrogens with one attached hydrogen (secondary N) is 1. The first-order chi connectivity index (χ1) is 10.1. The van der Waals surface area contributed by atoms with Crippen LogP contribution < -0.4 is 11.3 Å². The highest BCUT2D eigenvalue weighted by Gasteiger charge is 2.16. The maximum Gasteiger partial charge on any atom is 0.294 e. The monoisotopic (exact) mass is 291 g/mol. The summed E-state index contributed by atoms with van der Waals surface area (Å²) in [6, 6.07) is 10.8. The fourth-order valence-corrected chi connectivity index (χ4v) is 1.91. The van der Waals surface area contributed by atoms with E-state index in [4.69, 9.17) is 10.6 Å². The second-order valence-corrected chi connectivity index (χ2v) is 4.30. The van der Waals surface area contributed by atoms with Crippen molar-refractivity contribution in [1.82, 2.24) is 0 Å². The van der Waals surface area contributed by atoms with Crippen molar-refractivity contribution in [3.05, 3.63) is 69.5 Å². The number of hydrazine groups is 1. The van der Waals surface area contributed by atoms with Gasteiger partial charge in [0.1, 0.15) is 11.5 Å². The highest BCUT2D eigenvalue weighted by Crippen LogP contribution is 2.28. The highest BCUT2D eigenvalue weighted by atomic mass is 19.1. The first-order valence-electron chi connectivity index (χ1n) is 6.17. The number of nitro groups is 1. The van der Waals surface area contributed by atoms with Gasteiger partial charge in [0.15, 0.2) is 0 Å². The van der Waals surface area contributed by atoms with Gasteiger partial charge in [-0.2, -0.15) is 0 Å². The van der Waals surface area contributed by atoms with Crippen molar-refractivity contribution in [3.63, 3.8) is 0 Å². The van der Waals surface area contributed by atoms with E-state index in [1.54, 1.807) is 30.3 Å². The van der Waals surface area contributed by atoms with E-state index in [2.05, 4.69) is 5.43 Å². The molecule has 0 saturated heterocycles. The summed E-state index contributed by atoms with van der Waals surface area (Å²) >= 11 is 0. The van der Waals surface area contributed by atoms with Crippen molar-refractivity contribution in [2.45, 2.75) is 13.2 Å². The van der Waals surface area contributed by atoms with Crippen molar-refractivity contribution in [2.24, 2.45) is 5.84 Å². The Morgan fingerprint density at radius 3 is 2.48 bits per heavy atom. The van der Waals surface area contributed by atoms with E-state index < -0.39 is 4.92 Å². The molecule has 0 aromatic heterocycles. The van der Waals surface area contributed by atoms with E-state index in [9.17, 15) is 14.5 Å². The average molecular weight is 291 g/mol. The minimum Gasteiger partial charge on any atom is -0.372 e. The molecule has 0 fully saturated rings. The van der Waals surface area contributed by atoms with Gasteiger partial charge in [-0.1, -0.05) is 30.3 Å². The third-order valence-electron chi connectivity index (χ3n) is 2.94. The summed E-state index contributed by atoms with van der Waals surface area (Å²) in [6.07, 6.45) is 0. The van der Waals surface area contributed by atoms with Crippen LogP contribution in [0.2, 0.25) is 0 Å². The van der Waals surface area contributed by atoms with Crippen molar-refractivity contribution in [3.8, 4) is 0 Å². The Hall–Kier alpha value is -2.51. The van der Waals surface area contributed by atoms with E-state index in [1.165, 1.54) is 12.1 Å². The number of para-hydroxylation sites is 1. The molecule has 0 atom stereocenters. The highest BCUT2D eigenvalue weighted by molar-refractivity contribution is 5.65. The number of anilines is 1. The molecule has 7 heteroatoms.